The predicted octanol–water partition coefficient (Wildman–Crippen LogP) is 1.47. The second-order valence-electron chi connectivity index (χ2n) is 3.97. The highest BCUT2D eigenvalue weighted by atomic mass is 16.6. The Bertz CT molecular complexity index is 193. The molecule has 3 fully saturated rings. The van der Waals surface area contributed by atoms with Crippen molar-refractivity contribution in [1.29, 1.82) is 0 Å². The molecule has 3 aliphatic rings. The van der Waals surface area contributed by atoms with Crippen molar-refractivity contribution >= 4 is 5.97 Å². The molecule has 1 N–H and O–H groups in total. The molecule has 0 aromatic carbocycles. The van der Waals surface area contributed by atoms with Crippen LogP contribution in [0, 0.1) is 0 Å². The number of carboxylic acid groups (broad SMARTS) is 1. The minimum absolute atomic E-state index is 0.583. The highest BCUT2D eigenvalue weighted by molar-refractivity contribution is 5.78. The Morgan fingerprint density at radius 3 is 1.18 bits per heavy atom. The first kappa shape index (κ1) is 16.1. The molecule has 0 amide bonds. The smallest absolute Gasteiger partial charge is 0.327 e. The van der Waals surface area contributed by atoms with Crippen molar-refractivity contribution in [3.05, 3.63) is 12.7 Å². The van der Waals surface area contributed by atoms with Crippen molar-refractivity contribution in [2.75, 3.05) is 19.8 Å². The highest BCUT2D eigenvalue weighted by Gasteiger charge is 2.13. The molecule has 3 aliphatic heterocycles. The van der Waals surface area contributed by atoms with E-state index in [1.54, 1.807) is 0 Å². The number of epoxide rings is 3. The van der Waals surface area contributed by atoms with Gasteiger partial charge in [0.15, 0.2) is 0 Å². The van der Waals surface area contributed by atoms with Crippen molar-refractivity contribution in [1.82, 2.24) is 0 Å². The fourth-order valence-corrected chi connectivity index (χ4v) is 0.289. The molecular weight excluding hydrogens is 224 g/mol. The van der Waals surface area contributed by atoms with Crippen LogP contribution in [0.25, 0.3) is 0 Å². The molecule has 5 nitrogen and oxygen atoms in total. The predicted molar refractivity (Wildman–Crippen MR) is 64.1 cm³/mol. The van der Waals surface area contributed by atoms with Crippen molar-refractivity contribution in [2.24, 2.45) is 0 Å². The van der Waals surface area contributed by atoms with Crippen LogP contribution in [0.3, 0.4) is 0 Å². The zero-order chi connectivity index (χ0) is 13.3. The number of hydrogen-bond donors (Lipinski definition) is 1. The molecule has 3 saturated heterocycles. The summed E-state index contributed by atoms with van der Waals surface area (Å²) in [5, 5.41) is 7.60. The maximum absolute atomic E-state index is 9.25. The van der Waals surface area contributed by atoms with Crippen LogP contribution in [-0.2, 0) is 19.0 Å². The zero-order valence-corrected chi connectivity index (χ0v) is 10.7. The minimum Gasteiger partial charge on any atom is -0.478 e. The van der Waals surface area contributed by atoms with E-state index in [1.165, 1.54) is 0 Å². The Hall–Kier alpha value is -0.910. The molecule has 3 heterocycles. The molecule has 0 spiro atoms. The van der Waals surface area contributed by atoms with Crippen LogP contribution in [0.15, 0.2) is 12.7 Å². The van der Waals surface area contributed by atoms with Crippen LogP contribution in [-0.4, -0.2) is 49.2 Å². The summed E-state index contributed by atoms with van der Waals surface area (Å²) in [4.78, 5) is 9.25. The van der Waals surface area contributed by atoms with Gasteiger partial charge in [-0.15, -0.1) is 0 Å². The molecule has 3 unspecified atom stereocenters. The van der Waals surface area contributed by atoms with E-state index in [9.17, 15) is 4.79 Å². The minimum atomic E-state index is -0.981. The summed E-state index contributed by atoms with van der Waals surface area (Å²) in [5.41, 5.74) is 0. The van der Waals surface area contributed by atoms with Crippen LogP contribution < -0.4 is 0 Å². The van der Waals surface area contributed by atoms with Crippen LogP contribution in [0.1, 0.15) is 20.8 Å². The maximum Gasteiger partial charge on any atom is 0.327 e. The van der Waals surface area contributed by atoms with Gasteiger partial charge >= 0.3 is 5.97 Å². The molecule has 0 aliphatic carbocycles. The summed E-state index contributed by atoms with van der Waals surface area (Å²) in [6.07, 6.45) is 2.58. The Labute approximate surface area is 102 Å². The molecule has 0 aromatic rings. The zero-order valence-electron chi connectivity index (χ0n) is 10.7. The first-order valence-electron chi connectivity index (χ1n) is 5.65. The van der Waals surface area contributed by atoms with Gasteiger partial charge in [-0.1, -0.05) is 6.58 Å². The average Bonchev–Trinajstić information content (AvgIpc) is 3.03. The van der Waals surface area contributed by atoms with E-state index < -0.39 is 5.97 Å². The van der Waals surface area contributed by atoms with Crippen molar-refractivity contribution in [3.63, 3.8) is 0 Å². The third-order valence-corrected chi connectivity index (χ3v) is 1.67. The van der Waals surface area contributed by atoms with E-state index in [-0.39, 0.29) is 0 Å². The van der Waals surface area contributed by atoms with Crippen LogP contribution in [0.2, 0.25) is 0 Å². The second-order valence-corrected chi connectivity index (χ2v) is 3.97. The average molecular weight is 246 g/mol. The SMILES string of the molecule is C=CC(=O)O.CC1CO1.CC1CO1.CC1CO1. The number of carbonyl (C=O) groups is 1. The van der Waals surface area contributed by atoms with Gasteiger partial charge in [-0.05, 0) is 20.8 Å². The topological polar surface area (TPSA) is 74.9 Å². The standard InChI is InChI=1S/C3H4O2.3C3H6O/c1-2-3(4)5;3*1-3-2-4-3/h2H,1H2,(H,4,5);3*3H,2H2,1H3. The van der Waals surface area contributed by atoms with Gasteiger partial charge in [0, 0.05) is 6.08 Å². The van der Waals surface area contributed by atoms with E-state index in [1.807, 2.05) is 0 Å². The van der Waals surface area contributed by atoms with Gasteiger partial charge in [0.1, 0.15) is 0 Å². The van der Waals surface area contributed by atoms with E-state index >= 15 is 0 Å². The van der Waals surface area contributed by atoms with Gasteiger partial charge in [0.2, 0.25) is 0 Å². The lowest BCUT2D eigenvalue weighted by Crippen LogP contribution is -1.82. The van der Waals surface area contributed by atoms with Crippen LogP contribution in [0.5, 0.6) is 0 Å². The van der Waals surface area contributed by atoms with E-state index in [2.05, 4.69) is 27.4 Å². The molecule has 3 atom stereocenters. The number of hydrogen-bond acceptors (Lipinski definition) is 4. The Balaban J connectivity index is 0.000000201. The molecule has 17 heavy (non-hydrogen) atoms. The summed E-state index contributed by atoms with van der Waals surface area (Å²) in [7, 11) is 0. The molecule has 0 saturated carbocycles. The summed E-state index contributed by atoms with van der Waals surface area (Å²) in [6, 6.07) is 0. The Morgan fingerprint density at radius 2 is 1.18 bits per heavy atom. The lowest BCUT2D eigenvalue weighted by molar-refractivity contribution is -0.131. The summed E-state index contributed by atoms with van der Waals surface area (Å²) in [6.45, 7) is 12.1. The fraction of sp³-hybridized carbons (Fsp3) is 0.750. The first-order valence-corrected chi connectivity index (χ1v) is 5.65. The molecular formula is C12H22O5. The summed E-state index contributed by atoms with van der Waals surface area (Å²) < 4.78 is 14.1. The van der Waals surface area contributed by atoms with Crippen molar-refractivity contribution in [3.8, 4) is 0 Å². The molecule has 100 valence electrons. The van der Waals surface area contributed by atoms with Crippen molar-refractivity contribution in [2.45, 2.75) is 39.1 Å². The number of aliphatic carboxylic acids is 1. The molecule has 0 aromatic heterocycles. The molecule has 0 bridgehead atoms. The summed E-state index contributed by atoms with van der Waals surface area (Å²) in [5.74, 6) is -0.981. The monoisotopic (exact) mass is 246 g/mol. The maximum atomic E-state index is 9.25. The fourth-order valence-electron chi connectivity index (χ4n) is 0.289. The number of rotatable bonds is 1. The van der Waals surface area contributed by atoms with Crippen LogP contribution in [0.4, 0.5) is 0 Å². The van der Waals surface area contributed by atoms with E-state index in [4.69, 9.17) is 19.3 Å². The third kappa shape index (κ3) is 25.4. The van der Waals surface area contributed by atoms with Crippen LogP contribution >= 0.6 is 0 Å². The Morgan fingerprint density at radius 1 is 1.06 bits per heavy atom. The third-order valence-electron chi connectivity index (χ3n) is 1.67. The van der Waals surface area contributed by atoms with Crippen molar-refractivity contribution < 1.29 is 24.1 Å². The van der Waals surface area contributed by atoms with E-state index in [0.717, 1.165) is 25.9 Å². The van der Waals surface area contributed by atoms with E-state index in [0.29, 0.717) is 18.3 Å². The van der Waals surface area contributed by atoms with Gasteiger partial charge in [-0.3, -0.25) is 0 Å². The molecule has 0 radical (unpaired) electrons. The lowest BCUT2D eigenvalue weighted by Gasteiger charge is -1.64. The second kappa shape index (κ2) is 9.15. The molecule has 5 heteroatoms. The normalized spacial score (nSPS) is 29.9. The largest absolute Gasteiger partial charge is 0.478 e. The summed E-state index contributed by atoms with van der Waals surface area (Å²) >= 11 is 0. The van der Waals surface area contributed by atoms with Gasteiger partial charge in [-0.25, -0.2) is 4.79 Å². The first-order chi connectivity index (χ1) is 7.95. The highest BCUT2D eigenvalue weighted by Crippen LogP contribution is 2.04. The van der Waals surface area contributed by atoms with Gasteiger partial charge in [0.25, 0.3) is 0 Å². The number of ether oxygens (including phenoxy) is 3. The molecule has 3 rings (SSSR count). The van der Waals surface area contributed by atoms with Gasteiger partial charge < -0.3 is 19.3 Å². The quantitative estimate of drug-likeness (QED) is 0.560. The number of carboxylic acids is 1. The van der Waals surface area contributed by atoms with Gasteiger partial charge in [-0.2, -0.15) is 0 Å². The van der Waals surface area contributed by atoms with Gasteiger partial charge in [0.05, 0.1) is 38.1 Å². The lowest BCUT2D eigenvalue weighted by atomic mass is 10.6. The Kier molecular flexibility index (Phi) is 8.66.